The highest BCUT2D eigenvalue weighted by molar-refractivity contribution is 7.51. The van der Waals surface area contributed by atoms with Crippen molar-refractivity contribution in [3.8, 4) is 0 Å². The van der Waals surface area contributed by atoms with Crippen LogP contribution in [0.1, 0.15) is 13.8 Å². The van der Waals surface area contributed by atoms with Gasteiger partial charge in [0.1, 0.15) is 11.7 Å². The lowest BCUT2D eigenvalue weighted by atomic mass is 10.00. The lowest BCUT2D eigenvalue weighted by Crippen LogP contribution is -2.50. The number of hydrogen-bond acceptors (Lipinski definition) is 5. The van der Waals surface area contributed by atoms with Crippen molar-refractivity contribution in [2.24, 2.45) is 0 Å². The quantitative estimate of drug-likeness (QED) is 0.746. The molecule has 19 heavy (non-hydrogen) atoms. The molecule has 2 rings (SSSR count). The lowest BCUT2D eigenvalue weighted by Gasteiger charge is -2.34. The molecule has 2 bridgehead atoms. The summed E-state index contributed by atoms with van der Waals surface area (Å²) in [6.07, 6.45) is -0.906. The second-order valence-electron chi connectivity index (χ2n) is 5.29. The van der Waals surface area contributed by atoms with Gasteiger partial charge in [0, 0.05) is 20.7 Å². The molecule has 2 saturated heterocycles. The van der Waals surface area contributed by atoms with E-state index in [0.29, 0.717) is 6.54 Å². The number of methoxy groups -OCH3 is 1. The molecule has 1 amide bonds. The van der Waals surface area contributed by atoms with Crippen LogP contribution in [-0.4, -0.2) is 66.5 Å². The van der Waals surface area contributed by atoms with Crippen LogP contribution < -0.4 is 0 Å². The zero-order valence-corrected chi connectivity index (χ0v) is 12.4. The van der Waals surface area contributed by atoms with Crippen molar-refractivity contribution in [3.05, 3.63) is 0 Å². The Morgan fingerprint density at radius 3 is 2.74 bits per heavy atom. The molecular formula is C11H20NO6P. The molecule has 2 unspecified atom stereocenters. The molecule has 0 aliphatic carbocycles. The van der Waals surface area contributed by atoms with Crippen molar-refractivity contribution in [3.63, 3.8) is 0 Å². The first-order chi connectivity index (χ1) is 8.70. The van der Waals surface area contributed by atoms with Crippen molar-refractivity contribution >= 4 is 13.5 Å². The third-order valence-corrected chi connectivity index (χ3v) is 4.25. The molecule has 2 aliphatic rings. The third kappa shape index (κ3) is 2.58. The third-order valence-electron chi connectivity index (χ3n) is 3.63. The summed E-state index contributed by atoms with van der Waals surface area (Å²) in [6.45, 7) is 4.95. The predicted molar refractivity (Wildman–Crippen MR) is 67.0 cm³/mol. The second kappa shape index (κ2) is 4.82. The van der Waals surface area contributed by atoms with Crippen LogP contribution in [0.2, 0.25) is 0 Å². The number of nitrogens with zero attached hydrogens (tertiary/aromatic N) is 1. The van der Waals surface area contributed by atoms with Crippen molar-refractivity contribution in [1.29, 1.82) is 0 Å². The standard InChI is InChI=1S/C11H20NO6P/c1-7-9-10(18-19(4,14)15)11(17-7,6-16-3)5-12(9)8(2)13/h7,9-10H,5-6H2,1-4H3,(H,14,15)/t7-,9+,10?,11+/m0/s1. The smallest absolute Gasteiger partial charge is 0.325 e. The second-order valence-corrected chi connectivity index (χ2v) is 7.10. The first kappa shape index (κ1) is 14.9. The van der Waals surface area contributed by atoms with Crippen LogP contribution in [0.25, 0.3) is 0 Å². The fraction of sp³-hybridized carbons (Fsp3) is 0.909. The Morgan fingerprint density at radius 1 is 1.63 bits per heavy atom. The van der Waals surface area contributed by atoms with Gasteiger partial charge in [-0.2, -0.15) is 0 Å². The molecule has 1 N–H and O–H groups in total. The van der Waals surface area contributed by atoms with Crippen LogP contribution in [0, 0.1) is 0 Å². The van der Waals surface area contributed by atoms with Gasteiger partial charge in [0.2, 0.25) is 5.91 Å². The highest BCUT2D eigenvalue weighted by Crippen LogP contribution is 2.50. The van der Waals surface area contributed by atoms with Crippen LogP contribution in [-0.2, 0) is 23.4 Å². The fourth-order valence-electron chi connectivity index (χ4n) is 3.10. The van der Waals surface area contributed by atoms with Gasteiger partial charge in [0.15, 0.2) is 0 Å². The van der Waals surface area contributed by atoms with Crippen molar-refractivity contribution in [1.82, 2.24) is 4.90 Å². The Balaban J connectivity index is 2.33. The van der Waals surface area contributed by atoms with Gasteiger partial charge in [0.25, 0.3) is 0 Å². The van der Waals surface area contributed by atoms with Gasteiger partial charge in [-0.25, -0.2) is 0 Å². The first-order valence-electron chi connectivity index (χ1n) is 6.13. The van der Waals surface area contributed by atoms with E-state index in [1.54, 1.807) is 4.90 Å². The van der Waals surface area contributed by atoms with Crippen LogP contribution in [0.5, 0.6) is 0 Å². The van der Waals surface area contributed by atoms with Gasteiger partial charge in [-0.1, -0.05) is 0 Å². The summed E-state index contributed by atoms with van der Waals surface area (Å²) in [6, 6.07) is -0.354. The minimum Gasteiger partial charge on any atom is -0.382 e. The number of hydrogen-bond donors (Lipinski definition) is 1. The number of rotatable bonds is 4. The Hall–Kier alpha value is -0.460. The summed E-state index contributed by atoms with van der Waals surface area (Å²) in [5.74, 6) is -0.101. The topological polar surface area (TPSA) is 85.3 Å². The molecule has 0 aromatic rings. The number of ether oxygens (including phenoxy) is 2. The summed E-state index contributed by atoms with van der Waals surface area (Å²) >= 11 is 0. The summed E-state index contributed by atoms with van der Waals surface area (Å²) in [4.78, 5) is 22.8. The molecule has 110 valence electrons. The summed E-state index contributed by atoms with van der Waals surface area (Å²) in [5, 5.41) is 0. The van der Waals surface area contributed by atoms with Gasteiger partial charge < -0.3 is 23.8 Å². The fourth-order valence-corrected chi connectivity index (χ4v) is 3.84. The maximum absolute atomic E-state index is 11.7. The molecule has 2 aliphatic heterocycles. The van der Waals surface area contributed by atoms with Gasteiger partial charge in [-0.05, 0) is 6.92 Å². The van der Waals surface area contributed by atoms with E-state index in [1.807, 2.05) is 6.92 Å². The number of amides is 1. The van der Waals surface area contributed by atoms with Crippen LogP contribution in [0.4, 0.5) is 0 Å². The van der Waals surface area contributed by atoms with E-state index >= 15 is 0 Å². The highest BCUT2D eigenvalue weighted by atomic mass is 31.2. The van der Waals surface area contributed by atoms with Crippen molar-refractivity contribution in [2.75, 3.05) is 26.9 Å². The number of carbonyl (C=O) groups excluding carboxylic acids is 1. The first-order valence-corrected chi connectivity index (χ1v) is 8.15. The number of carbonyl (C=O) groups is 1. The van der Waals surface area contributed by atoms with E-state index in [1.165, 1.54) is 14.0 Å². The number of likely N-dealkylation sites (tertiary alicyclic amines) is 1. The van der Waals surface area contributed by atoms with Gasteiger partial charge >= 0.3 is 7.60 Å². The molecule has 0 aromatic carbocycles. The Labute approximate surface area is 112 Å². The number of morpholine rings is 1. The zero-order valence-electron chi connectivity index (χ0n) is 11.5. The van der Waals surface area contributed by atoms with Crippen LogP contribution in [0.3, 0.4) is 0 Å². The molecule has 5 atom stereocenters. The minimum absolute atomic E-state index is 0.101. The van der Waals surface area contributed by atoms with Gasteiger partial charge in [-0.15, -0.1) is 0 Å². The molecule has 0 saturated carbocycles. The monoisotopic (exact) mass is 293 g/mol. The van der Waals surface area contributed by atoms with E-state index in [4.69, 9.17) is 14.0 Å². The van der Waals surface area contributed by atoms with Crippen molar-refractivity contribution in [2.45, 2.75) is 37.7 Å². The van der Waals surface area contributed by atoms with E-state index in [-0.39, 0.29) is 24.7 Å². The SMILES string of the molecule is COC[C@]12CN(C(C)=O)[C@@H](C1OP(C)(=O)O)[C@H](C)O2. The highest BCUT2D eigenvalue weighted by Gasteiger charge is 2.65. The Bertz CT molecular complexity index is 423. The van der Waals surface area contributed by atoms with E-state index in [9.17, 15) is 14.3 Å². The van der Waals surface area contributed by atoms with Crippen LogP contribution >= 0.6 is 7.60 Å². The molecule has 8 heteroatoms. The molecule has 7 nitrogen and oxygen atoms in total. The lowest BCUT2D eigenvalue weighted by molar-refractivity contribution is -0.150. The Kier molecular flexibility index (Phi) is 3.79. The maximum Gasteiger partial charge on any atom is 0.325 e. The van der Waals surface area contributed by atoms with Gasteiger partial charge in [0.05, 0.1) is 25.3 Å². The summed E-state index contributed by atoms with van der Waals surface area (Å²) in [5.41, 5.74) is -0.862. The summed E-state index contributed by atoms with van der Waals surface area (Å²) < 4.78 is 27.9. The molecular weight excluding hydrogens is 273 g/mol. The van der Waals surface area contributed by atoms with Gasteiger partial charge in [-0.3, -0.25) is 9.36 Å². The molecule has 0 aromatic heterocycles. The van der Waals surface area contributed by atoms with Crippen molar-refractivity contribution < 1.29 is 28.3 Å². The van der Waals surface area contributed by atoms with E-state index in [2.05, 4.69) is 0 Å². The normalized spacial score (nSPS) is 40.5. The average molecular weight is 293 g/mol. The molecule has 0 radical (unpaired) electrons. The average Bonchev–Trinajstić information content (AvgIpc) is 2.64. The zero-order chi connectivity index (χ0) is 14.4. The molecule has 0 spiro atoms. The largest absolute Gasteiger partial charge is 0.382 e. The van der Waals surface area contributed by atoms with Crippen LogP contribution in [0.15, 0.2) is 0 Å². The molecule has 2 fully saturated rings. The Morgan fingerprint density at radius 2 is 2.26 bits per heavy atom. The van der Waals surface area contributed by atoms with E-state index in [0.717, 1.165) is 6.66 Å². The maximum atomic E-state index is 11.7. The number of fused-ring (bicyclic) bond motifs is 2. The molecule has 2 heterocycles. The van der Waals surface area contributed by atoms with E-state index < -0.39 is 19.3 Å². The minimum atomic E-state index is -3.67. The summed E-state index contributed by atoms with van der Waals surface area (Å²) in [7, 11) is -2.15. The predicted octanol–water partition coefficient (Wildman–Crippen LogP) is 0.221.